The summed E-state index contributed by atoms with van der Waals surface area (Å²) in [4.78, 5) is 14.9. The largest absolute Gasteiger partial charge is 0.445 e. The zero-order valence-electron chi connectivity index (χ0n) is 14.7. The Morgan fingerprint density at radius 1 is 1.12 bits per heavy atom. The first-order valence-electron chi connectivity index (χ1n) is 8.85. The van der Waals surface area contributed by atoms with Crippen LogP contribution in [0.4, 0.5) is 4.79 Å². The summed E-state index contributed by atoms with van der Waals surface area (Å²) in [7, 11) is -1.01. The number of piperazine rings is 1. The van der Waals surface area contributed by atoms with E-state index in [1.54, 1.807) is 4.90 Å². The molecule has 2 aromatic rings. The Kier molecular flexibility index (Phi) is 6.80. The van der Waals surface area contributed by atoms with Crippen molar-refractivity contribution in [2.75, 3.05) is 25.4 Å². The summed E-state index contributed by atoms with van der Waals surface area (Å²) in [5, 5.41) is 3.40. The number of hydrogen-bond acceptors (Lipinski definition) is 4. The second-order valence-corrected chi connectivity index (χ2v) is 7.86. The van der Waals surface area contributed by atoms with Crippen LogP contribution in [0.2, 0.25) is 0 Å². The number of rotatable bonds is 6. The summed E-state index contributed by atoms with van der Waals surface area (Å²) in [5.74, 6) is 0.578. The molecule has 0 aliphatic carbocycles. The van der Waals surface area contributed by atoms with E-state index in [4.69, 9.17) is 4.74 Å². The molecule has 1 aliphatic rings. The maximum absolute atomic E-state index is 12.3. The normalized spacial score (nSPS) is 18.3. The minimum Gasteiger partial charge on any atom is -0.445 e. The Labute approximate surface area is 156 Å². The van der Waals surface area contributed by atoms with E-state index in [-0.39, 0.29) is 18.7 Å². The van der Waals surface area contributed by atoms with Crippen molar-refractivity contribution in [3.05, 3.63) is 66.2 Å². The van der Waals surface area contributed by atoms with Gasteiger partial charge in [0, 0.05) is 36.3 Å². The number of carbonyl (C=O) groups is 1. The summed E-state index contributed by atoms with van der Waals surface area (Å²) in [6, 6.07) is 19.3. The zero-order valence-corrected chi connectivity index (χ0v) is 15.5. The minimum absolute atomic E-state index is 0.140. The minimum atomic E-state index is -1.01. The number of amides is 1. The molecule has 2 atom stereocenters. The van der Waals surface area contributed by atoms with E-state index in [0.29, 0.717) is 18.8 Å². The van der Waals surface area contributed by atoms with E-state index in [1.165, 1.54) is 0 Å². The Hall–Kier alpha value is -2.18. The van der Waals surface area contributed by atoms with Crippen molar-refractivity contribution in [3.8, 4) is 0 Å². The van der Waals surface area contributed by atoms with Gasteiger partial charge in [-0.25, -0.2) is 4.79 Å². The Morgan fingerprint density at radius 3 is 2.54 bits per heavy atom. The predicted octanol–water partition coefficient (Wildman–Crippen LogP) is 2.79. The lowest BCUT2D eigenvalue weighted by molar-refractivity contribution is 0.0847. The number of nitrogens with zero attached hydrogens (tertiary/aromatic N) is 1. The molecule has 1 fully saturated rings. The van der Waals surface area contributed by atoms with E-state index in [9.17, 15) is 9.00 Å². The highest BCUT2D eigenvalue weighted by molar-refractivity contribution is 7.85. The van der Waals surface area contributed by atoms with Crippen molar-refractivity contribution in [2.24, 2.45) is 0 Å². The lowest BCUT2D eigenvalue weighted by Gasteiger charge is -2.33. The van der Waals surface area contributed by atoms with E-state index >= 15 is 0 Å². The van der Waals surface area contributed by atoms with Crippen LogP contribution in [0.5, 0.6) is 0 Å². The van der Waals surface area contributed by atoms with Gasteiger partial charge in [0.2, 0.25) is 0 Å². The van der Waals surface area contributed by atoms with Gasteiger partial charge in [0.25, 0.3) is 0 Å². The molecular weight excluding hydrogens is 348 g/mol. The van der Waals surface area contributed by atoms with Gasteiger partial charge in [0.1, 0.15) is 6.61 Å². The SMILES string of the molecule is O=C(OCc1ccccc1)N1CCN[C@H](CCS(=O)c2ccccc2)C1. The maximum atomic E-state index is 12.3. The molecule has 26 heavy (non-hydrogen) atoms. The van der Waals surface area contributed by atoms with E-state index in [2.05, 4.69) is 5.32 Å². The van der Waals surface area contributed by atoms with Gasteiger partial charge in [0.05, 0.1) is 10.8 Å². The summed E-state index contributed by atoms with van der Waals surface area (Å²) in [5.41, 5.74) is 0.978. The molecule has 6 heteroatoms. The van der Waals surface area contributed by atoms with Crippen LogP contribution in [0.15, 0.2) is 65.6 Å². The van der Waals surface area contributed by atoms with Gasteiger partial charge in [0.15, 0.2) is 0 Å². The summed E-state index contributed by atoms with van der Waals surface area (Å²) in [6.07, 6.45) is 0.466. The van der Waals surface area contributed by atoms with Crippen LogP contribution < -0.4 is 5.32 Å². The highest BCUT2D eigenvalue weighted by Crippen LogP contribution is 2.11. The molecule has 3 rings (SSSR count). The third kappa shape index (κ3) is 5.41. The van der Waals surface area contributed by atoms with E-state index in [1.807, 2.05) is 60.7 Å². The van der Waals surface area contributed by atoms with Gasteiger partial charge in [-0.05, 0) is 24.1 Å². The van der Waals surface area contributed by atoms with Crippen LogP contribution >= 0.6 is 0 Å². The van der Waals surface area contributed by atoms with Crippen LogP contribution in [0, 0.1) is 0 Å². The van der Waals surface area contributed by atoms with Gasteiger partial charge in [-0.2, -0.15) is 0 Å². The zero-order chi connectivity index (χ0) is 18.2. The molecule has 138 valence electrons. The highest BCUT2D eigenvalue weighted by atomic mass is 32.2. The first kappa shape index (κ1) is 18.6. The molecule has 0 saturated carbocycles. The molecule has 0 bridgehead atoms. The second kappa shape index (κ2) is 9.50. The predicted molar refractivity (Wildman–Crippen MR) is 102 cm³/mol. The lowest BCUT2D eigenvalue weighted by atomic mass is 10.2. The fourth-order valence-electron chi connectivity index (χ4n) is 2.93. The van der Waals surface area contributed by atoms with Crippen molar-refractivity contribution in [1.29, 1.82) is 0 Å². The number of nitrogens with one attached hydrogen (secondary N) is 1. The lowest BCUT2D eigenvalue weighted by Crippen LogP contribution is -2.53. The molecule has 1 amide bonds. The van der Waals surface area contributed by atoms with Gasteiger partial charge < -0.3 is 15.0 Å². The Bertz CT molecular complexity index is 724. The highest BCUT2D eigenvalue weighted by Gasteiger charge is 2.24. The van der Waals surface area contributed by atoms with Gasteiger partial charge in [-0.3, -0.25) is 4.21 Å². The standard InChI is InChI=1S/C20H24N2O3S/c23-20(25-16-17-7-3-1-4-8-17)22-13-12-21-18(15-22)11-14-26(24)19-9-5-2-6-10-19/h1-10,18,21H,11-16H2/t18-,26?/m1/s1. The quantitative estimate of drug-likeness (QED) is 0.847. The average molecular weight is 372 g/mol. The molecule has 1 unspecified atom stereocenters. The van der Waals surface area contributed by atoms with Crippen LogP contribution in [0.3, 0.4) is 0 Å². The second-order valence-electron chi connectivity index (χ2n) is 6.29. The molecule has 0 aromatic heterocycles. The Balaban J connectivity index is 1.44. The molecule has 2 aromatic carbocycles. The van der Waals surface area contributed by atoms with Crippen molar-refractivity contribution < 1.29 is 13.7 Å². The van der Waals surface area contributed by atoms with Gasteiger partial charge in [-0.1, -0.05) is 48.5 Å². The van der Waals surface area contributed by atoms with Crippen LogP contribution in [0.25, 0.3) is 0 Å². The van der Waals surface area contributed by atoms with E-state index in [0.717, 1.165) is 23.4 Å². The smallest absolute Gasteiger partial charge is 0.410 e. The molecule has 1 saturated heterocycles. The van der Waals surface area contributed by atoms with Crippen molar-refractivity contribution in [3.63, 3.8) is 0 Å². The molecular formula is C20H24N2O3S. The number of benzene rings is 2. The third-order valence-electron chi connectivity index (χ3n) is 4.38. The number of ether oxygens (including phenoxy) is 1. The van der Waals surface area contributed by atoms with Crippen LogP contribution in [0.1, 0.15) is 12.0 Å². The van der Waals surface area contributed by atoms with Gasteiger partial charge in [-0.15, -0.1) is 0 Å². The Morgan fingerprint density at radius 2 is 1.81 bits per heavy atom. The monoisotopic (exact) mass is 372 g/mol. The summed E-state index contributed by atoms with van der Waals surface area (Å²) in [6.45, 7) is 2.22. The molecule has 1 heterocycles. The molecule has 0 spiro atoms. The van der Waals surface area contributed by atoms with Crippen molar-refractivity contribution in [1.82, 2.24) is 10.2 Å². The van der Waals surface area contributed by atoms with Crippen LogP contribution in [-0.4, -0.2) is 46.6 Å². The van der Waals surface area contributed by atoms with Crippen molar-refractivity contribution in [2.45, 2.75) is 24.0 Å². The fourth-order valence-corrected chi connectivity index (χ4v) is 4.13. The summed E-state index contributed by atoms with van der Waals surface area (Å²) >= 11 is 0. The topological polar surface area (TPSA) is 58.6 Å². The molecule has 5 nitrogen and oxygen atoms in total. The number of hydrogen-bond donors (Lipinski definition) is 1. The molecule has 0 radical (unpaired) electrons. The third-order valence-corrected chi connectivity index (χ3v) is 5.78. The number of carbonyl (C=O) groups excluding carboxylic acids is 1. The van der Waals surface area contributed by atoms with Gasteiger partial charge >= 0.3 is 6.09 Å². The van der Waals surface area contributed by atoms with Crippen LogP contribution in [-0.2, 0) is 22.1 Å². The summed E-state index contributed by atoms with van der Waals surface area (Å²) < 4.78 is 17.8. The molecule has 1 aliphatic heterocycles. The van der Waals surface area contributed by atoms with Crippen molar-refractivity contribution >= 4 is 16.9 Å². The maximum Gasteiger partial charge on any atom is 0.410 e. The van der Waals surface area contributed by atoms with E-state index < -0.39 is 10.8 Å². The average Bonchev–Trinajstić information content (AvgIpc) is 2.72. The molecule has 1 N–H and O–H groups in total. The first-order chi connectivity index (χ1) is 12.7. The first-order valence-corrected chi connectivity index (χ1v) is 10.2. The fraction of sp³-hybridized carbons (Fsp3) is 0.350.